The predicted molar refractivity (Wildman–Crippen MR) is 84.4 cm³/mol. The van der Waals surface area contributed by atoms with Gasteiger partial charge in [-0.25, -0.2) is 4.79 Å². The number of halogens is 1. The van der Waals surface area contributed by atoms with Crippen LogP contribution in [0.4, 0.5) is 5.69 Å². The van der Waals surface area contributed by atoms with E-state index in [1.165, 1.54) is 25.9 Å². The molecular formula is C15H21BrN2O2. The molecule has 2 N–H and O–H groups in total. The summed E-state index contributed by atoms with van der Waals surface area (Å²) >= 11 is 3.31. The second-order valence-electron chi connectivity index (χ2n) is 5.49. The number of nitrogens with one attached hydrogen (secondary N) is 1. The Bertz CT molecular complexity index is 473. The van der Waals surface area contributed by atoms with Gasteiger partial charge in [-0.05, 0) is 50.0 Å². The first-order valence-corrected chi connectivity index (χ1v) is 7.84. The molecule has 20 heavy (non-hydrogen) atoms. The third-order valence-electron chi connectivity index (χ3n) is 3.62. The van der Waals surface area contributed by atoms with E-state index >= 15 is 0 Å². The Hall–Kier alpha value is -1.07. The summed E-state index contributed by atoms with van der Waals surface area (Å²) < 4.78 is 0.783. The van der Waals surface area contributed by atoms with E-state index in [0.29, 0.717) is 17.2 Å². The van der Waals surface area contributed by atoms with Crippen molar-refractivity contribution in [3.05, 3.63) is 28.2 Å². The van der Waals surface area contributed by atoms with Crippen LogP contribution < -0.4 is 5.32 Å². The smallest absolute Gasteiger partial charge is 0.337 e. The fraction of sp³-hybridized carbons (Fsp3) is 0.533. The maximum atomic E-state index is 11.2. The Balaban J connectivity index is 1.91. The number of anilines is 1. The molecule has 0 radical (unpaired) electrons. The summed E-state index contributed by atoms with van der Waals surface area (Å²) in [6, 6.07) is 5.31. The van der Waals surface area contributed by atoms with Crippen LogP contribution in [-0.4, -0.2) is 42.2 Å². The van der Waals surface area contributed by atoms with Crippen molar-refractivity contribution < 1.29 is 9.90 Å². The molecule has 1 aliphatic heterocycles. The van der Waals surface area contributed by atoms with Crippen LogP contribution in [0.5, 0.6) is 0 Å². The van der Waals surface area contributed by atoms with Crippen molar-refractivity contribution >= 4 is 27.6 Å². The zero-order chi connectivity index (χ0) is 14.5. The summed E-state index contributed by atoms with van der Waals surface area (Å²) in [7, 11) is 0. The molecule has 1 heterocycles. The highest BCUT2D eigenvalue weighted by Crippen LogP contribution is 2.21. The maximum absolute atomic E-state index is 11.2. The largest absolute Gasteiger partial charge is 0.478 e. The summed E-state index contributed by atoms with van der Waals surface area (Å²) in [6.45, 7) is 6.46. The number of benzene rings is 1. The second-order valence-corrected chi connectivity index (χ2v) is 6.40. The van der Waals surface area contributed by atoms with Crippen molar-refractivity contribution in [3.8, 4) is 0 Å². The molecule has 1 aromatic rings. The first-order chi connectivity index (χ1) is 9.56. The molecular weight excluding hydrogens is 320 g/mol. The van der Waals surface area contributed by atoms with Crippen LogP contribution >= 0.6 is 15.9 Å². The number of likely N-dealkylation sites (tertiary alicyclic amines) is 1. The minimum atomic E-state index is -0.902. The molecule has 2 rings (SSSR count). The molecule has 1 aliphatic rings. The number of rotatable bonds is 6. The first kappa shape index (κ1) is 15.3. The molecule has 0 bridgehead atoms. The van der Waals surface area contributed by atoms with E-state index in [1.807, 2.05) is 12.1 Å². The van der Waals surface area contributed by atoms with E-state index in [0.717, 1.165) is 17.6 Å². The average molecular weight is 341 g/mol. The molecule has 0 saturated carbocycles. The maximum Gasteiger partial charge on any atom is 0.337 e. The third kappa shape index (κ3) is 4.21. The lowest BCUT2D eigenvalue weighted by Crippen LogP contribution is -2.29. The molecule has 0 amide bonds. The van der Waals surface area contributed by atoms with Gasteiger partial charge in [-0.2, -0.15) is 0 Å². The van der Waals surface area contributed by atoms with Gasteiger partial charge in [0.2, 0.25) is 0 Å². The zero-order valence-corrected chi connectivity index (χ0v) is 13.3. The number of carboxylic acids is 1. The molecule has 1 atom stereocenters. The van der Waals surface area contributed by atoms with Gasteiger partial charge in [0.15, 0.2) is 0 Å². The van der Waals surface area contributed by atoms with Gasteiger partial charge in [0.05, 0.1) is 5.56 Å². The fourth-order valence-electron chi connectivity index (χ4n) is 2.60. The fourth-order valence-corrected chi connectivity index (χ4v) is 2.96. The van der Waals surface area contributed by atoms with Gasteiger partial charge in [-0.1, -0.05) is 22.9 Å². The number of hydrogen-bond donors (Lipinski definition) is 2. The van der Waals surface area contributed by atoms with Crippen molar-refractivity contribution in [2.45, 2.75) is 19.8 Å². The molecule has 1 unspecified atom stereocenters. The van der Waals surface area contributed by atoms with Crippen molar-refractivity contribution in [2.24, 2.45) is 5.92 Å². The molecule has 4 nitrogen and oxygen atoms in total. The Kier molecular flexibility index (Phi) is 5.43. The second kappa shape index (κ2) is 7.09. The molecule has 1 fully saturated rings. The van der Waals surface area contributed by atoms with Gasteiger partial charge in [-0.3, -0.25) is 0 Å². The van der Waals surface area contributed by atoms with Crippen LogP contribution in [0, 0.1) is 5.92 Å². The van der Waals surface area contributed by atoms with Crippen LogP contribution in [0.2, 0.25) is 0 Å². The highest BCUT2D eigenvalue weighted by Gasteiger charge is 2.15. The van der Waals surface area contributed by atoms with E-state index in [-0.39, 0.29) is 0 Å². The summed E-state index contributed by atoms with van der Waals surface area (Å²) in [5.41, 5.74) is 1.00. The monoisotopic (exact) mass is 340 g/mol. The summed E-state index contributed by atoms with van der Waals surface area (Å²) in [5, 5.41) is 12.5. The van der Waals surface area contributed by atoms with Crippen LogP contribution in [0.1, 0.15) is 30.1 Å². The number of nitrogens with zero attached hydrogens (tertiary/aromatic N) is 1. The van der Waals surface area contributed by atoms with Gasteiger partial charge < -0.3 is 15.3 Å². The van der Waals surface area contributed by atoms with Crippen molar-refractivity contribution in [3.63, 3.8) is 0 Å². The lowest BCUT2D eigenvalue weighted by atomic mass is 10.1. The first-order valence-electron chi connectivity index (χ1n) is 7.05. The van der Waals surface area contributed by atoms with Crippen LogP contribution in [0.15, 0.2) is 22.7 Å². The van der Waals surface area contributed by atoms with Gasteiger partial charge >= 0.3 is 5.97 Å². The lowest BCUT2D eigenvalue weighted by molar-refractivity contribution is 0.0698. The zero-order valence-electron chi connectivity index (χ0n) is 11.7. The van der Waals surface area contributed by atoms with Crippen molar-refractivity contribution in [2.75, 3.05) is 31.5 Å². The topological polar surface area (TPSA) is 52.6 Å². The normalized spacial score (nSPS) is 17.1. The number of carboxylic acid groups (broad SMARTS) is 1. The van der Waals surface area contributed by atoms with Crippen molar-refractivity contribution in [1.29, 1.82) is 0 Å². The van der Waals surface area contributed by atoms with E-state index in [4.69, 9.17) is 0 Å². The molecule has 5 heteroatoms. The lowest BCUT2D eigenvalue weighted by Gasteiger charge is -2.21. The SMILES string of the molecule is CC(CNc1ccc(Br)cc1C(=O)O)CN1CCCC1. The molecule has 110 valence electrons. The highest BCUT2D eigenvalue weighted by molar-refractivity contribution is 9.10. The predicted octanol–water partition coefficient (Wildman–Crippen LogP) is 3.29. The van der Waals surface area contributed by atoms with Crippen LogP contribution in [0.3, 0.4) is 0 Å². The van der Waals surface area contributed by atoms with Gasteiger partial charge in [0.25, 0.3) is 0 Å². The summed E-state index contributed by atoms with van der Waals surface area (Å²) in [6.07, 6.45) is 2.60. The number of carbonyl (C=O) groups is 1. The molecule has 1 aromatic carbocycles. The quantitative estimate of drug-likeness (QED) is 0.834. The van der Waals surface area contributed by atoms with E-state index < -0.39 is 5.97 Å². The van der Waals surface area contributed by atoms with Crippen LogP contribution in [-0.2, 0) is 0 Å². The van der Waals surface area contributed by atoms with Gasteiger partial charge in [0.1, 0.15) is 0 Å². The molecule has 0 spiro atoms. The average Bonchev–Trinajstić information content (AvgIpc) is 2.90. The summed E-state index contributed by atoms with van der Waals surface area (Å²) in [4.78, 5) is 13.7. The minimum Gasteiger partial charge on any atom is -0.478 e. The van der Waals surface area contributed by atoms with E-state index in [9.17, 15) is 9.90 Å². The molecule has 0 aromatic heterocycles. The number of aromatic carboxylic acids is 1. The summed E-state index contributed by atoms with van der Waals surface area (Å²) in [5.74, 6) is -0.403. The molecule has 1 saturated heterocycles. The van der Waals surface area contributed by atoms with Crippen LogP contribution in [0.25, 0.3) is 0 Å². The Labute approximate surface area is 128 Å². The van der Waals surface area contributed by atoms with E-state index in [2.05, 4.69) is 33.1 Å². The Morgan fingerprint density at radius 1 is 1.45 bits per heavy atom. The Morgan fingerprint density at radius 2 is 2.15 bits per heavy atom. The number of hydrogen-bond acceptors (Lipinski definition) is 3. The Morgan fingerprint density at radius 3 is 2.80 bits per heavy atom. The standard InChI is InChI=1S/C15H21BrN2O2/c1-11(10-18-6-2-3-7-18)9-17-14-5-4-12(16)8-13(14)15(19)20/h4-5,8,11,17H,2-3,6-7,9-10H2,1H3,(H,19,20). The van der Waals surface area contributed by atoms with E-state index in [1.54, 1.807) is 6.07 Å². The van der Waals surface area contributed by atoms with Crippen molar-refractivity contribution in [1.82, 2.24) is 4.90 Å². The third-order valence-corrected chi connectivity index (χ3v) is 4.11. The van der Waals surface area contributed by atoms with Gasteiger partial charge in [-0.15, -0.1) is 0 Å². The van der Waals surface area contributed by atoms with Gasteiger partial charge in [0, 0.05) is 23.2 Å². The minimum absolute atomic E-state index is 0.313. The highest BCUT2D eigenvalue weighted by atomic mass is 79.9. The molecule has 0 aliphatic carbocycles.